The maximum atomic E-state index is 3.35. The molecular formula is C15H23NS. The normalized spacial score (nSPS) is 18.5. The zero-order chi connectivity index (χ0) is 12.1. The number of benzene rings is 1. The van der Waals surface area contributed by atoms with Crippen molar-refractivity contribution >= 4 is 11.8 Å². The highest BCUT2D eigenvalue weighted by atomic mass is 32.2. The number of hydrogen-bond acceptors (Lipinski definition) is 2. The molecule has 94 valence electrons. The molecule has 1 N–H and O–H groups in total. The molecule has 1 aromatic rings. The van der Waals surface area contributed by atoms with Gasteiger partial charge in [0.25, 0.3) is 0 Å². The van der Waals surface area contributed by atoms with Crippen molar-refractivity contribution in [2.24, 2.45) is 0 Å². The summed E-state index contributed by atoms with van der Waals surface area (Å²) in [4.78, 5) is 1.44. The van der Waals surface area contributed by atoms with E-state index in [2.05, 4.69) is 48.3 Å². The van der Waals surface area contributed by atoms with E-state index in [-0.39, 0.29) is 0 Å². The van der Waals surface area contributed by atoms with Crippen LogP contribution in [0.15, 0.2) is 29.2 Å². The molecule has 2 heteroatoms. The first kappa shape index (κ1) is 13.0. The minimum absolute atomic E-state index is 0.500. The second kappa shape index (κ2) is 6.46. The molecule has 1 aliphatic rings. The Bertz CT molecular complexity index is 323. The topological polar surface area (TPSA) is 12.0 Å². The average Bonchev–Trinajstić information content (AvgIpc) is 2.86. The first-order valence-electron chi connectivity index (χ1n) is 6.77. The van der Waals surface area contributed by atoms with Gasteiger partial charge >= 0.3 is 0 Å². The monoisotopic (exact) mass is 249 g/mol. The molecule has 1 nitrogen and oxygen atoms in total. The van der Waals surface area contributed by atoms with Crippen LogP contribution in [0.25, 0.3) is 0 Å². The van der Waals surface area contributed by atoms with Gasteiger partial charge in [-0.3, -0.25) is 0 Å². The van der Waals surface area contributed by atoms with Gasteiger partial charge in [0.2, 0.25) is 0 Å². The highest BCUT2D eigenvalue weighted by Crippen LogP contribution is 2.35. The first-order chi connectivity index (χ1) is 8.33. The number of hydrogen-bond donors (Lipinski definition) is 1. The molecule has 2 rings (SSSR count). The minimum Gasteiger partial charge on any atom is -0.313 e. The summed E-state index contributed by atoms with van der Waals surface area (Å²) < 4.78 is 0. The molecule has 1 aliphatic carbocycles. The number of rotatable bonds is 5. The molecule has 0 saturated heterocycles. The Kier molecular flexibility index (Phi) is 4.93. The lowest BCUT2D eigenvalue weighted by atomic mass is 10.1. The van der Waals surface area contributed by atoms with Crippen molar-refractivity contribution in [1.82, 2.24) is 5.32 Å². The van der Waals surface area contributed by atoms with E-state index in [1.807, 2.05) is 7.05 Å². The van der Waals surface area contributed by atoms with E-state index in [1.54, 1.807) is 0 Å². The molecule has 0 heterocycles. The largest absolute Gasteiger partial charge is 0.313 e. The fraction of sp³-hybridized carbons (Fsp3) is 0.600. The Morgan fingerprint density at radius 2 is 1.88 bits per heavy atom. The van der Waals surface area contributed by atoms with Crippen molar-refractivity contribution in [3.8, 4) is 0 Å². The summed E-state index contributed by atoms with van der Waals surface area (Å²) in [5.41, 5.74) is 1.41. The van der Waals surface area contributed by atoms with Gasteiger partial charge < -0.3 is 5.32 Å². The van der Waals surface area contributed by atoms with Crippen molar-refractivity contribution in [2.45, 2.75) is 55.2 Å². The summed E-state index contributed by atoms with van der Waals surface area (Å²) in [7, 11) is 2.04. The van der Waals surface area contributed by atoms with Crippen LogP contribution in [-0.2, 0) is 0 Å². The highest BCUT2D eigenvalue weighted by Gasteiger charge is 2.16. The van der Waals surface area contributed by atoms with Crippen LogP contribution in [0, 0.1) is 0 Å². The number of nitrogens with one attached hydrogen (secondary N) is 1. The fourth-order valence-electron chi connectivity index (χ4n) is 2.58. The van der Waals surface area contributed by atoms with Gasteiger partial charge in [0.05, 0.1) is 0 Å². The van der Waals surface area contributed by atoms with Crippen LogP contribution < -0.4 is 5.32 Å². The second-order valence-electron chi connectivity index (χ2n) is 4.84. The van der Waals surface area contributed by atoms with Gasteiger partial charge in [-0.25, -0.2) is 0 Å². The minimum atomic E-state index is 0.500. The van der Waals surface area contributed by atoms with Crippen molar-refractivity contribution < 1.29 is 0 Å². The van der Waals surface area contributed by atoms with Crippen LogP contribution in [0.3, 0.4) is 0 Å². The third kappa shape index (κ3) is 3.49. The van der Waals surface area contributed by atoms with Gasteiger partial charge in [-0.1, -0.05) is 31.9 Å². The van der Waals surface area contributed by atoms with E-state index in [1.165, 1.54) is 36.1 Å². The van der Waals surface area contributed by atoms with Crippen LogP contribution >= 0.6 is 11.8 Å². The molecule has 0 radical (unpaired) electrons. The zero-order valence-corrected chi connectivity index (χ0v) is 11.7. The summed E-state index contributed by atoms with van der Waals surface area (Å²) in [6.07, 6.45) is 6.80. The van der Waals surface area contributed by atoms with E-state index in [9.17, 15) is 0 Å². The quantitative estimate of drug-likeness (QED) is 0.830. The smallest absolute Gasteiger partial charge is 0.0314 e. The fourth-order valence-corrected chi connectivity index (χ4v) is 3.83. The third-order valence-corrected chi connectivity index (χ3v) is 4.99. The van der Waals surface area contributed by atoms with E-state index >= 15 is 0 Å². The van der Waals surface area contributed by atoms with Gasteiger partial charge in [-0.15, -0.1) is 11.8 Å². The third-order valence-electron chi connectivity index (χ3n) is 3.64. The summed E-state index contributed by atoms with van der Waals surface area (Å²) in [5, 5.41) is 4.22. The van der Waals surface area contributed by atoms with Gasteiger partial charge in [0.15, 0.2) is 0 Å². The molecule has 0 amide bonds. The predicted octanol–water partition coefficient (Wildman–Crippen LogP) is 4.39. The number of thioether (sulfide) groups is 1. The SMILES string of the molecule is CCC(NC)c1ccc(SC2CCCC2)cc1. The molecule has 1 aromatic carbocycles. The van der Waals surface area contributed by atoms with Crippen molar-refractivity contribution in [3.63, 3.8) is 0 Å². The Morgan fingerprint density at radius 1 is 1.24 bits per heavy atom. The predicted molar refractivity (Wildman–Crippen MR) is 76.6 cm³/mol. The Hall–Kier alpha value is -0.470. The highest BCUT2D eigenvalue weighted by molar-refractivity contribution is 8.00. The maximum Gasteiger partial charge on any atom is 0.0314 e. The molecule has 1 saturated carbocycles. The molecule has 17 heavy (non-hydrogen) atoms. The van der Waals surface area contributed by atoms with Gasteiger partial charge in [-0.2, -0.15) is 0 Å². The Morgan fingerprint density at radius 3 is 2.41 bits per heavy atom. The standard InChI is InChI=1S/C15H23NS/c1-3-15(16-2)12-8-10-14(11-9-12)17-13-6-4-5-7-13/h8-11,13,15-16H,3-7H2,1-2H3. The molecular weight excluding hydrogens is 226 g/mol. The zero-order valence-electron chi connectivity index (χ0n) is 10.9. The second-order valence-corrected chi connectivity index (χ2v) is 6.22. The molecule has 0 aliphatic heterocycles. The Labute approximate surface area is 109 Å². The lowest BCUT2D eigenvalue weighted by Gasteiger charge is -2.15. The van der Waals surface area contributed by atoms with Crippen LogP contribution in [-0.4, -0.2) is 12.3 Å². The van der Waals surface area contributed by atoms with E-state index in [4.69, 9.17) is 0 Å². The first-order valence-corrected chi connectivity index (χ1v) is 7.65. The van der Waals surface area contributed by atoms with E-state index < -0.39 is 0 Å². The van der Waals surface area contributed by atoms with Crippen molar-refractivity contribution in [2.75, 3.05) is 7.05 Å². The van der Waals surface area contributed by atoms with Crippen LogP contribution in [0.4, 0.5) is 0 Å². The lowest BCUT2D eigenvalue weighted by molar-refractivity contribution is 0.576. The summed E-state index contributed by atoms with van der Waals surface area (Å²) >= 11 is 2.07. The van der Waals surface area contributed by atoms with Crippen molar-refractivity contribution in [3.05, 3.63) is 29.8 Å². The van der Waals surface area contributed by atoms with Crippen LogP contribution in [0.1, 0.15) is 50.6 Å². The maximum absolute atomic E-state index is 3.35. The van der Waals surface area contributed by atoms with Crippen LogP contribution in [0.5, 0.6) is 0 Å². The van der Waals surface area contributed by atoms with E-state index in [0.717, 1.165) is 11.7 Å². The summed E-state index contributed by atoms with van der Waals surface area (Å²) in [6.45, 7) is 2.22. The average molecular weight is 249 g/mol. The molecule has 0 spiro atoms. The van der Waals surface area contributed by atoms with Gasteiger partial charge in [0.1, 0.15) is 0 Å². The molecule has 1 unspecified atom stereocenters. The lowest BCUT2D eigenvalue weighted by Crippen LogP contribution is -2.14. The van der Waals surface area contributed by atoms with Crippen molar-refractivity contribution in [1.29, 1.82) is 0 Å². The Balaban J connectivity index is 1.96. The van der Waals surface area contributed by atoms with Gasteiger partial charge in [0, 0.05) is 16.2 Å². The summed E-state index contributed by atoms with van der Waals surface area (Å²) in [5.74, 6) is 0. The molecule has 1 atom stereocenters. The molecule has 0 aromatic heterocycles. The van der Waals surface area contributed by atoms with Gasteiger partial charge in [-0.05, 0) is 44.0 Å². The van der Waals surface area contributed by atoms with E-state index in [0.29, 0.717) is 6.04 Å². The summed E-state index contributed by atoms with van der Waals surface area (Å²) in [6, 6.07) is 9.64. The van der Waals surface area contributed by atoms with Crippen LogP contribution in [0.2, 0.25) is 0 Å². The molecule has 1 fully saturated rings. The molecule has 0 bridgehead atoms.